The largest absolute Gasteiger partial charge is 0.497 e. The van der Waals surface area contributed by atoms with Gasteiger partial charge in [-0.3, -0.25) is 9.36 Å². The highest BCUT2D eigenvalue weighted by Crippen LogP contribution is 2.31. The van der Waals surface area contributed by atoms with Crippen LogP contribution in [0.3, 0.4) is 0 Å². The van der Waals surface area contributed by atoms with Gasteiger partial charge in [-0.15, -0.1) is 0 Å². The molecule has 3 aromatic carbocycles. The van der Waals surface area contributed by atoms with Crippen LogP contribution in [0.15, 0.2) is 76.3 Å². The average molecular weight is 493 g/mol. The van der Waals surface area contributed by atoms with Crippen LogP contribution in [0.2, 0.25) is 0 Å². The second-order valence-corrected chi connectivity index (χ2v) is 8.69. The maximum Gasteiger partial charge on any atom is 0.416 e. The second kappa shape index (κ2) is 8.44. The van der Waals surface area contributed by atoms with Crippen molar-refractivity contribution in [2.24, 2.45) is 7.05 Å². The Kier molecular flexibility index (Phi) is 5.50. The minimum absolute atomic E-state index is 0.165. The summed E-state index contributed by atoms with van der Waals surface area (Å²) in [6.07, 6.45) is -4.52. The molecule has 2 aromatic heterocycles. The van der Waals surface area contributed by atoms with E-state index >= 15 is 0 Å². The third kappa shape index (κ3) is 3.77. The molecule has 5 aromatic rings. The molecule has 5 rings (SSSR count). The highest BCUT2D eigenvalue weighted by atomic mass is 19.4. The molecule has 0 aliphatic carbocycles. The average Bonchev–Trinajstić information content (AvgIpc) is 3.13. The molecule has 0 saturated heterocycles. The van der Waals surface area contributed by atoms with Gasteiger partial charge in [0.05, 0.1) is 35.9 Å². The molecule has 0 amide bonds. The van der Waals surface area contributed by atoms with Gasteiger partial charge in [0.2, 0.25) is 0 Å². The zero-order valence-corrected chi connectivity index (χ0v) is 19.8. The van der Waals surface area contributed by atoms with E-state index in [2.05, 4.69) is 0 Å². The van der Waals surface area contributed by atoms with E-state index in [0.29, 0.717) is 27.9 Å². The topological polar surface area (TPSA) is 58.2 Å². The third-order valence-corrected chi connectivity index (χ3v) is 6.33. The molecule has 0 bridgehead atoms. The molecule has 0 saturated carbocycles. The minimum Gasteiger partial charge on any atom is -0.497 e. The fourth-order valence-electron chi connectivity index (χ4n) is 4.63. The fourth-order valence-corrected chi connectivity index (χ4v) is 4.63. The number of fused-ring (bicyclic) bond motifs is 3. The molecule has 0 aliphatic heterocycles. The number of benzene rings is 3. The summed E-state index contributed by atoms with van der Waals surface area (Å²) in [5, 5.41) is 0.587. The molecule has 2 heterocycles. The summed E-state index contributed by atoms with van der Waals surface area (Å²) in [6, 6.07) is 17.0. The number of nitrogens with zero attached hydrogens (tertiary/aromatic N) is 3. The van der Waals surface area contributed by atoms with Crippen molar-refractivity contribution in [1.29, 1.82) is 0 Å². The van der Waals surface area contributed by atoms with Gasteiger partial charge < -0.3 is 9.30 Å². The lowest BCUT2D eigenvalue weighted by molar-refractivity contribution is -0.137. The smallest absolute Gasteiger partial charge is 0.416 e. The van der Waals surface area contributed by atoms with E-state index in [4.69, 9.17) is 4.74 Å². The first kappa shape index (κ1) is 23.5. The summed E-state index contributed by atoms with van der Waals surface area (Å²) in [7, 11) is 3.23. The summed E-state index contributed by atoms with van der Waals surface area (Å²) in [4.78, 5) is 27.6. The Balaban J connectivity index is 1.90. The van der Waals surface area contributed by atoms with Gasteiger partial charge in [0.15, 0.2) is 0 Å². The number of aromatic nitrogens is 3. The number of hydrogen-bond donors (Lipinski definition) is 0. The maximum absolute atomic E-state index is 13.9. The molecule has 0 fully saturated rings. The summed E-state index contributed by atoms with van der Waals surface area (Å²) in [6.45, 7) is 1.68. The summed E-state index contributed by atoms with van der Waals surface area (Å²) in [5.41, 5.74) is 0.816. The van der Waals surface area contributed by atoms with Crippen LogP contribution >= 0.6 is 0 Å². The molecule has 0 atom stereocenters. The number of methoxy groups -OCH3 is 1. The standard InChI is InChI=1S/C27H22F3N3O3/c1-16-6-4-9-19(12-16)33-25(34)24-23(21-14-20(36-3)10-11-22(21)31(24)2)32(26(33)35)15-17-7-5-8-18(13-17)27(28,29)30/h4-14H,15H2,1-3H3. The molecular formula is C27H22F3N3O3. The van der Waals surface area contributed by atoms with Crippen molar-refractivity contribution in [2.75, 3.05) is 7.11 Å². The molecule has 0 N–H and O–H groups in total. The lowest BCUT2D eigenvalue weighted by Gasteiger charge is -2.15. The zero-order valence-electron chi connectivity index (χ0n) is 19.8. The molecule has 36 heavy (non-hydrogen) atoms. The van der Waals surface area contributed by atoms with Crippen molar-refractivity contribution in [3.8, 4) is 11.4 Å². The van der Waals surface area contributed by atoms with Crippen molar-refractivity contribution in [3.63, 3.8) is 0 Å². The first-order chi connectivity index (χ1) is 17.1. The Morgan fingerprint density at radius 2 is 1.67 bits per heavy atom. The van der Waals surface area contributed by atoms with Gasteiger partial charge in [-0.05, 0) is 60.5 Å². The van der Waals surface area contributed by atoms with Crippen molar-refractivity contribution in [3.05, 3.63) is 104 Å². The molecule has 184 valence electrons. The molecule has 0 aliphatic rings. The van der Waals surface area contributed by atoms with Crippen LogP contribution in [0.1, 0.15) is 16.7 Å². The predicted octanol–water partition coefficient (Wildman–Crippen LogP) is 5.03. The Morgan fingerprint density at radius 1 is 0.917 bits per heavy atom. The zero-order chi connectivity index (χ0) is 25.8. The monoisotopic (exact) mass is 493 g/mol. The third-order valence-electron chi connectivity index (χ3n) is 6.33. The molecular weight excluding hydrogens is 471 g/mol. The number of alkyl halides is 3. The van der Waals surface area contributed by atoms with E-state index in [9.17, 15) is 22.8 Å². The molecule has 0 radical (unpaired) electrons. The Hall–Kier alpha value is -4.27. The highest BCUT2D eigenvalue weighted by molar-refractivity contribution is 6.06. The predicted molar refractivity (Wildman–Crippen MR) is 132 cm³/mol. The lowest BCUT2D eigenvalue weighted by atomic mass is 10.1. The van der Waals surface area contributed by atoms with Gasteiger partial charge in [0.25, 0.3) is 5.56 Å². The van der Waals surface area contributed by atoms with E-state index < -0.39 is 23.0 Å². The molecule has 9 heteroatoms. The summed E-state index contributed by atoms with van der Waals surface area (Å²) < 4.78 is 49.6. The van der Waals surface area contributed by atoms with Gasteiger partial charge in [0.1, 0.15) is 11.3 Å². The van der Waals surface area contributed by atoms with E-state index in [1.165, 1.54) is 23.8 Å². The van der Waals surface area contributed by atoms with Gasteiger partial charge in [0, 0.05) is 12.4 Å². The first-order valence-corrected chi connectivity index (χ1v) is 11.2. The van der Waals surface area contributed by atoms with Crippen molar-refractivity contribution in [2.45, 2.75) is 19.6 Å². The van der Waals surface area contributed by atoms with E-state index in [-0.39, 0.29) is 17.6 Å². The molecule has 6 nitrogen and oxygen atoms in total. The maximum atomic E-state index is 13.9. The van der Waals surface area contributed by atoms with Gasteiger partial charge in [-0.2, -0.15) is 13.2 Å². The second-order valence-electron chi connectivity index (χ2n) is 8.69. The summed E-state index contributed by atoms with van der Waals surface area (Å²) in [5.74, 6) is 0.524. The first-order valence-electron chi connectivity index (χ1n) is 11.2. The quantitative estimate of drug-likeness (QED) is 0.353. The van der Waals surface area contributed by atoms with Crippen LogP contribution in [0.4, 0.5) is 13.2 Å². The molecule has 0 unspecified atom stereocenters. The van der Waals surface area contributed by atoms with Gasteiger partial charge >= 0.3 is 11.9 Å². The van der Waals surface area contributed by atoms with E-state index in [0.717, 1.165) is 22.3 Å². The van der Waals surface area contributed by atoms with Crippen LogP contribution in [0.5, 0.6) is 5.75 Å². The van der Waals surface area contributed by atoms with Crippen LogP contribution in [0.25, 0.3) is 27.6 Å². The number of rotatable bonds is 4. The number of ether oxygens (including phenoxy) is 1. The normalized spacial score (nSPS) is 11.9. The Morgan fingerprint density at radius 3 is 2.36 bits per heavy atom. The van der Waals surface area contributed by atoms with Gasteiger partial charge in [-0.25, -0.2) is 9.36 Å². The SMILES string of the molecule is COc1ccc2c(c1)c1c(c(=O)n(-c3cccc(C)c3)c(=O)n1Cc1cccc(C(F)(F)F)c1)n2C. The summed E-state index contributed by atoms with van der Waals surface area (Å²) >= 11 is 0. The van der Waals surface area contributed by atoms with E-state index in [1.807, 2.05) is 13.0 Å². The fraction of sp³-hybridized carbons (Fsp3) is 0.185. The number of halogens is 3. The number of hydrogen-bond acceptors (Lipinski definition) is 3. The lowest BCUT2D eigenvalue weighted by Crippen LogP contribution is -2.39. The van der Waals surface area contributed by atoms with Crippen molar-refractivity contribution in [1.82, 2.24) is 13.7 Å². The Labute approximate surface area is 203 Å². The van der Waals surface area contributed by atoms with Crippen LogP contribution in [-0.2, 0) is 19.8 Å². The van der Waals surface area contributed by atoms with Crippen LogP contribution < -0.4 is 16.0 Å². The molecule has 0 spiro atoms. The van der Waals surface area contributed by atoms with Crippen LogP contribution in [-0.4, -0.2) is 20.8 Å². The highest BCUT2D eigenvalue weighted by Gasteiger charge is 2.30. The van der Waals surface area contributed by atoms with Crippen molar-refractivity contribution < 1.29 is 17.9 Å². The van der Waals surface area contributed by atoms with Gasteiger partial charge in [-0.1, -0.05) is 24.3 Å². The van der Waals surface area contributed by atoms with Crippen molar-refractivity contribution >= 4 is 21.9 Å². The number of aryl methyl sites for hydroxylation is 2. The van der Waals surface area contributed by atoms with Crippen LogP contribution in [0, 0.1) is 6.92 Å². The van der Waals surface area contributed by atoms with E-state index in [1.54, 1.807) is 48.0 Å². The minimum atomic E-state index is -4.52. The Bertz CT molecular complexity index is 1760.